The smallest absolute Gasteiger partial charge is 0.262 e. The van der Waals surface area contributed by atoms with Crippen molar-refractivity contribution in [2.24, 2.45) is 7.05 Å². The third-order valence-corrected chi connectivity index (χ3v) is 3.09. The van der Waals surface area contributed by atoms with Crippen LogP contribution in [0.25, 0.3) is 0 Å². The Kier molecular flexibility index (Phi) is 3.39. The third kappa shape index (κ3) is 2.80. The number of benzene rings is 1. The number of nitrogens with one attached hydrogen (secondary N) is 2. The molecule has 1 aromatic heterocycles. The number of carbonyl (C=O) groups excluding carboxylic acids is 1. The van der Waals surface area contributed by atoms with E-state index in [9.17, 15) is 4.79 Å². The van der Waals surface area contributed by atoms with Crippen LogP contribution in [0.2, 0.25) is 0 Å². The van der Waals surface area contributed by atoms with Gasteiger partial charge < -0.3 is 15.4 Å². The molecular formula is C14H16N4O2. The molecule has 2 heterocycles. The molecule has 0 atom stereocenters. The van der Waals surface area contributed by atoms with Gasteiger partial charge in [0.1, 0.15) is 5.75 Å². The normalized spacial score (nSPS) is 13.6. The van der Waals surface area contributed by atoms with Gasteiger partial charge >= 0.3 is 0 Å². The maximum Gasteiger partial charge on any atom is 0.262 e. The number of hydrogen-bond acceptors (Lipinski definition) is 4. The van der Waals surface area contributed by atoms with Crippen molar-refractivity contribution in [2.75, 3.05) is 11.9 Å². The molecule has 0 saturated carbocycles. The lowest BCUT2D eigenvalue weighted by molar-refractivity contribution is -0.118. The van der Waals surface area contributed by atoms with E-state index in [4.69, 9.17) is 4.74 Å². The fraction of sp³-hybridized carbons (Fsp3) is 0.286. The Morgan fingerprint density at radius 3 is 3.05 bits per heavy atom. The molecular weight excluding hydrogens is 256 g/mol. The Balaban J connectivity index is 1.60. The van der Waals surface area contributed by atoms with Gasteiger partial charge in [-0.15, -0.1) is 0 Å². The zero-order valence-corrected chi connectivity index (χ0v) is 11.2. The highest BCUT2D eigenvalue weighted by Crippen LogP contribution is 2.28. The molecule has 6 heteroatoms. The Hall–Kier alpha value is -2.34. The van der Waals surface area contributed by atoms with Gasteiger partial charge in [0.2, 0.25) is 0 Å². The average Bonchev–Trinajstić information content (AvgIpc) is 2.84. The summed E-state index contributed by atoms with van der Waals surface area (Å²) < 4.78 is 7.10. The Labute approximate surface area is 116 Å². The van der Waals surface area contributed by atoms with E-state index < -0.39 is 0 Å². The predicted octanol–water partition coefficient (Wildman–Crippen LogP) is 1.04. The number of hydrogen-bond donors (Lipinski definition) is 2. The van der Waals surface area contributed by atoms with Gasteiger partial charge in [0.15, 0.2) is 6.61 Å². The number of anilines is 1. The van der Waals surface area contributed by atoms with E-state index in [1.807, 2.05) is 37.6 Å². The van der Waals surface area contributed by atoms with Gasteiger partial charge in [-0.3, -0.25) is 9.48 Å². The van der Waals surface area contributed by atoms with Crippen molar-refractivity contribution in [3.05, 3.63) is 41.7 Å². The molecule has 1 aliphatic rings. The highest BCUT2D eigenvalue weighted by atomic mass is 16.5. The van der Waals surface area contributed by atoms with E-state index in [2.05, 4.69) is 15.7 Å². The molecule has 1 aliphatic heterocycles. The summed E-state index contributed by atoms with van der Waals surface area (Å²) in [6.07, 6.45) is 3.82. The second-order valence-electron chi connectivity index (χ2n) is 4.79. The van der Waals surface area contributed by atoms with Gasteiger partial charge in [-0.1, -0.05) is 6.07 Å². The van der Waals surface area contributed by atoms with Crippen LogP contribution < -0.4 is 15.4 Å². The van der Waals surface area contributed by atoms with Crippen LogP contribution in [0.1, 0.15) is 11.1 Å². The van der Waals surface area contributed by atoms with Crippen LogP contribution in [0.3, 0.4) is 0 Å². The summed E-state index contributed by atoms with van der Waals surface area (Å²) >= 11 is 0. The first-order valence-corrected chi connectivity index (χ1v) is 6.44. The van der Waals surface area contributed by atoms with Crippen LogP contribution in [0.4, 0.5) is 5.69 Å². The second kappa shape index (κ2) is 5.34. The lowest BCUT2D eigenvalue weighted by Gasteiger charge is -2.18. The zero-order valence-electron chi connectivity index (χ0n) is 11.2. The summed E-state index contributed by atoms with van der Waals surface area (Å²) in [4.78, 5) is 11.3. The van der Waals surface area contributed by atoms with Crippen molar-refractivity contribution in [3.63, 3.8) is 0 Å². The third-order valence-electron chi connectivity index (χ3n) is 3.09. The number of carbonyl (C=O) groups is 1. The van der Waals surface area contributed by atoms with Gasteiger partial charge in [0.05, 0.1) is 11.9 Å². The largest absolute Gasteiger partial charge is 0.482 e. The van der Waals surface area contributed by atoms with Gasteiger partial charge in [0.25, 0.3) is 5.91 Å². The number of ether oxygens (including phenoxy) is 1. The van der Waals surface area contributed by atoms with Crippen LogP contribution in [0.5, 0.6) is 5.75 Å². The van der Waals surface area contributed by atoms with Gasteiger partial charge in [0, 0.05) is 31.9 Å². The highest BCUT2D eigenvalue weighted by Gasteiger charge is 2.15. The topological polar surface area (TPSA) is 68.2 Å². The summed E-state index contributed by atoms with van der Waals surface area (Å²) in [5, 5.41) is 10.3. The molecule has 0 saturated heterocycles. The minimum absolute atomic E-state index is 0.0889. The fourth-order valence-corrected chi connectivity index (χ4v) is 2.15. The molecule has 1 aromatic carbocycles. The Morgan fingerprint density at radius 1 is 1.40 bits per heavy atom. The average molecular weight is 272 g/mol. The van der Waals surface area contributed by atoms with E-state index in [1.54, 1.807) is 4.68 Å². The van der Waals surface area contributed by atoms with E-state index >= 15 is 0 Å². The SMILES string of the molecule is Cn1cc(CNCc2ccc3c(c2)NC(=O)CO3)cn1. The summed E-state index contributed by atoms with van der Waals surface area (Å²) in [5.41, 5.74) is 2.97. The Morgan fingerprint density at radius 2 is 2.25 bits per heavy atom. The molecule has 2 aromatic rings. The molecule has 0 aliphatic carbocycles. The van der Waals surface area contributed by atoms with Gasteiger partial charge in [-0.05, 0) is 17.7 Å². The van der Waals surface area contributed by atoms with Crippen LogP contribution in [-0.4, -0.2) is 22.3 Å². The highest BCUT2D eigenvalue weighted by molar-refractivity contribution is 5.95. The minimum Gasteiger partial charge on any atom is -0.482 e. The van der Waals surface area contributed by atoms with E-state index in [-0.39, 0.29) is 12.5 Å². The number of amides is 1. The first kappa shape index (κ1) is 12.7. The van der Waals surface area contributed by atoms with Crippen LogP contribution in [0.15, 0.2) is 30.6 Å². The minimum atomic E-state index is -0.113. The van der Waals surface area contributed by atoms with Crippen molar-refractivity contribution in [1.29, 1.82) is 0 Å². The molecule has 0 spiro atoms. The summed E-state index contributed by atoms with van der Waals surface area (Å²) in [6.45, 7) is 1.57. The maximum atomic E-state index is 11.3. The lowest BCUT2D eigenvalue weighted by Crippen LogP contribution is -2.25. The lowest BCUT2D eigenvalue weighted by atomic mass is 10.1. The number of fused-ring (bicyclic) bond motifs is 1. The van der Waals surface area contributed by atoms with Crippen molar-refractivity contribution in [3.8, 4) is 5.75 Å². The van der Waals surface area contributed by atoms with Crippen molar-refractivity contribution in [2.45, 2.75) is 13.1 Å². The number of nitrogens with zero attached hydrogens (tertiary/aromatic N) is 2. The van der Waals surface area contributed by atoms with Crippen LogP contribution >= 0.6 is 0 Å². The summed E-state index contributed by atoms with van der Waals surface area (Å²) in [7, 11) is 1.90. The molecule has 0 fully saturated rings. The first-order valence-electron chi connectivity index (χ1n) is 6.44. The maximum absolute atomic E-state index is 11.3. The molecule has 104 valence electrons. The molecule has 3 rings (SSSR count). The molecule has 20 heavy (non-hydrogen) atoms. The Bertz CT molecular complexity index is 636. The van der Waals surface area contributed by atoms with Gasteiger partial charge in [-0.2, -0.15) is 5.10 Å². The zero-order chi connectivity index (χ0) is 13.9. The summed E-state index contributed by atoms with van der Waals surface area (Å²) in [5.74, 6) is 0.610. The number of aryl methyl sites for hydroxylation is 1. The first-order chi connectivity index (χ1) is 9.70. The molecule has 0 radical (unpaired) electrons. The van der Waals surface area contributed by atoms with Gasteiger partial charge in [-0.25, -0.2) is 0 Å². The fourth-order valence-electron chi connectivity index (χ4n) is 2.15. The molecule has 0 bridgehead atoms. The van der Waals surface area contributed by atoms with Crippen molar-refractivity contribution >= 4 is 11.6 Å². The van der Waals surface area contributed by atoms with Crippen LogP contribution in [0, 0.1) is 0 Å². The quantitative estimate of drug-likeness (QED) is 0.872. The molecule has 6 nitrogen and oxygen atoms in total. The number of aromatic nitrogens is 2. The predicted molar refractivity (Wildman–Crippen MR) is 74.3 cm³/mol. The molecule has 0 unspecified atom stereocenters. The second-order valence-corrected chi connectivity index (χ2v) is 4.79. The van der Waals surface area contributed by atoms with E-state index in [0.29, 0.717) is 0 Å². The van der Waals surface area contributed by atoms with Crippen molar-refractivity contribution < 1.29 is 9.53 Å². The monoisotopic (exact) mass is 272 g/mol. The van der Waals surface area contributed by atoms with E-state index in [1.165, 1.54) is 0 Å². The standard InChI is InChI=1S/C14H16N4O2/c1-18-8-11(7-16-18)6-15-5-10-2-3-13-12(4-10)17-14(19)9-20-13/h2-4,7-8,15H,5-6,9H2,1H3,(H,17,19). The van der Waals surface area contributed by atoms with Crippen LogP contribution in [-0.2, 0) is 24.9 Å². The molecule has 2 N–H and O–H groups in total. The summed E-state index contributed by atoms with van der Waals surface area (Å²) in [6, 6.07) is 5.81. The van der Waals surface area contributed by atoms with E-state index in [0.717, 1.165) is 35.7 Å². The number of rotatable bonds is 4. The molecule has 1 amide bonds. The van der Waals surface area contributed by atoms with Crippen molar-refractivity contribution in [1.82, 2.24) is 15.1 Å².